The van der Waals surface area contributed by atoms with Crippen molar-refractivity contribution in [2.75, 3.05) is 50.0 Å². The molecule has 1 aliphatic heterocycles. The largest absolute Gasteiger partial charge is 0.395 e. The summed E-state index contributed by atoms with van der Waals surface area (Å²) in [6.07, 6.45) is 2.02. The van der Waals surface area contributed by atoms with Crippen molar-refractivity contribution in [3.05, 3.63) is 4.88 Å². The minimum absolute atomic E-state index is 0.0222. The van der Waals surface area contributed by atoms with E-state index >= 15 is 0 Å². The quantitative estimate of drug-likeness (QED) is 0.693. The molecule has 2 aliphatic rings. The first-order chi connectivity index (χ1) is 10.2. The second-order valence-electron chi connectivity index (χ2n) is 5.40. The van der Waals surface area contributed by atoms with Gasteiger partial charge in [-0.3, -0.25) is 4.79 Å². The molecule has 7 nitrogen and oxygen atoms in total. The number of rotatable bonds is 5. The summed E-state index contributed by atoms with van der Waals surface area (Å²) in [4.78, 5) is 21.4. The van der Waals surface area contributed by atoms with E-state index < -0.39 is 0 Å². The molecule has 0 aromatic carbocycles. The summed E-state index contributed by atoms with van der Waals surface area (Å²) < 4.78 is 0. The number of amides is 1. The molecule has 3 rings (SSSR count). The lowest BCUT2D eigenvalue weighted by molar-refractivity contribution is 0.0713. The van der Waals surface area contributed by atoms with Gasteiger partial charge in [-0.1, -0.05) is 11.3 Å². The monoisotopic (exact) mass is 311 g/mol. The van der Waals surface area contributed by atoms with Crippen LogP contribution in [0.15, 0.2) is 0 Å². The van der Waals surface area contributed by atoms with E-state index in [2.05, 4.69) is 15.2 Å². The van der Waals surface area contributed by atoms with Crippen LogP contribution in [0.25, 0.3) is 0 Å². The van der Waals surface area contributed by atoms with Crippen molar-refractivity contribution >= 4 is 28.2 Å². The molecule has 1 saturated heterocycles. The Kier molecular flexibility index (Phi) is 4.27. The highest BCUT2D eigenvalue weighted by Gasteiger charge is 2.34. The summed E-state index contributed by atoms with van der Waals surface area (Å²) in [6, 6.07) is 0.258. The molecule has 116 valence electrons. The van der Waals surface area contributed by atoms with E-state index in [1.165, 1.54) is 11.3 Å². The lowest BCUT2D eigenvalue weighted by Crippen LogP contribution is -2.43. The number of nitrogens with two attached hydrogens (primary N) is 1. The van der Waals surface area contributed by atoms with Crippen LogP contribution in [0.5, 0.6) is 0 Å². The Labute approximate surface area is 127 Å². The summed E-state index contributed by atoms with van der Waals surface area (Å²) in [5.41, 5.74) is 5.95. The van der Waals surface area contributed by atoms with Crippen LogP contribution in [0, 0.1) is 0 Å². The molecule has 8 heteroatoms. The molecule has 21 heavy (non-hydrogen) atoms. The van der Waals surface area contributed by atoms with Gasteiger partial charge in [-0.15, -0.1) is 0 Å². The van der Waals surface area contributed by atoms with Crippen molar-refractivity contribution in [2.24, 2.45) is 0 Å². The molecule has 4 N–H and O–H groups in total. The number of nitrogens with zero attached hydrogens (tertiary/aromatic N) is 3. The average Bonchev–Trinajstić information content (AvgIpc) is 3.27. The minimum atomic E-state index is -0.0945. The molecule has 2 heterocycles. The molecule has 0 atom stereocenters. The fraction of sp³-hybridized carbons (Fsp3) is 0.692. The normalized spacial score (nSPS) is 18.8. The SMILES string of the molecule is Nc1nc(N2CCNCC2)sc1C(=O)N(CCO)C1CC1. The minimum Gasteiger partial charge on any atom is -0.395 e. The summed E-state index contributed by atoms with van der Waals surface area (Å²) in [6.45, 7) is 3.94. The van der Waals surface area contributed by atoms with Crippen molar-refractivity contribution in [2.45, 2.75) is 18.9 Å². The number of aliphatic hydroxyl groups excluding tert-OH is 1. The molecule has 1 aliphatic carbocycles. The lowest BCUT2D eigenvalue weighted by Gasteiger charge is -2.26. The van der Waals surface area contributed by atoms with Crippen molar-refractivity contribution in [3.63, 3.8) is 0 Å². The number of hydrogen-bond acceptors (Lipinski definition) is 7. The molecule has 1 amide bonds. The molecule has 1 aromatic heterocycles. The van der Waals surface area contributed by atoms with Crippen LogP contribution >= 0.6 is 11.3 Å². The Balaban J connectivity index is 1.77. The number of aromatic nitrogens is 1. The van der Waals surface area contributed by atoms with E-state index in [1.54, 1.807) is 4.90 Å². The smallest absolute Gasteiger partial charge is 0.268 e. The van der Waals surface area contributed by atoms with E-state index in [1.807, 2.05) is 0 Å². The van der Waals surface area contributed by atoms with Gasteiger partial charge in [0.2, 0.25) is 0 Å². The Morgan fingerprint density at radius 1 is 1.48 bits per heavy atom. The molecule has 2 fully saturated rings. The summed E-state index contributed by atoms with van der Waals surface area (Å²) in [5, 5.41) is 13.2. The number of nitrogen functional groups attached to an aromatic ring is 1. The third-order valence-corrected chi connectivity index (χ3v) is 4.93. The van der Waals surface area contributed by atoms with Gasteiger partial charge >= 0.3 is 0 Å². The van der Waals surface area contributed by atoms with Gasteiger partial charge < -0.3 is 26.0 Å². The highest BCUT2D eigenvalue weighted by atomic mass is 32.1. The van der Waals surface area contributed by atoms with Crippen molar-refractivity contribution in [1.29, 1.82) is 0 Å². The van der Waals surface area contributed by atoms with Crippen LogP contribution in [-0.4, -0.2) is 66.3 Å². The van der Waals surface area contributed by atoms with Crippen molar-refractivity contribution in [3.8, 4) is 0 Å². The van der Waals surface area contributed by atoms with Gasteiger partial charge in [0.15, 0.2) is 5.13 Å². The molecule has 0 spiro atoms. The lowest BCUT2D eigenvalue weighted by atomic mass is 10.3. The number of hydrogen-bond donors (Lipinski definition) is 3. The fourth-order valence-corrected chi connectivity index (χ4v) is 3.53. The van der Waals surface area contributed by atoms with E-state index in [4.69, 9.17) is 10.8 Å². The Morgan fingerprint density at radius 2 is 2.19 bits per heavy atom. The maximum atomic E-state index is 12.6. The predicted molar refractivity (Wildman–Crippen MR) is 82.8 cm³/mol. The van der Waals surface area contributed by atoms with Crippen molar-refractivity contribution < 1.29 is 9.90 Å². The first-order valence-electron chi connectivity index (χ1n) is 7.34. The van der Waals surface area contributed by atoms with Gasteiger partial charge in [0.1, 0.15) is 10.7 Å². The van der Waals surface area contributed by atoms with Crippen LogP contribution < -0.4 is 16.0 Å². The molecule has 0 radical (unpaired) electrons. The topological polar surface area (TPSA) is 94.7 Å². The van der Waals surface area contributed by atoms with Crippen LogP contribution in [0.1, 0.15) is 22.5 Å². The van der Waals surface area contributed by atoms with Crippen LogP contribution in [0.4, 0.5) is 10.9 Å². The molecular formula is C13H21N5O2S. The third kappa shape index (κ3) is 3.12. The second-order valence-corrected chi connectivity index (χ2v) is 6.38. The highest BCUT2D eigenvalue weighted by molar-refractivity contribution is 7.18. The molecule has 1 aromatic rings. The van der Waals surface area contributed by atoms with Gasteiger partial charge in [0.05, 0.1) is 6.61 Å². The van der Waals surface area contributed by atoms with E-state index in [0.717, 1.165) is 44.2 Å². The zero-order valence-corrected chi connectivity index (χ0v) is 12.7. The van der Waals surface area contributed by atoms with Crippen LogP contribution in [0.3, 0.4) is 0 Å². The van der Waals surface area contributed by atoms with E-state index in [-0.39, 0.29) is 18.6 Å². The molecule has 0 unspecified atom stereocenters. The summed E-state index contributed by atoms with van der Waals surface area (Å²) in [5.74, 6) is 0.213. The van der Waals surface area contributed by atoms with Crippen LogP contribution in [0.2, 0.25) is 0 Å². The fourth-order valence-electron chi connectivity index (χ4n) is 2.54. The number of nitrogens with one attached hydrogen (secondary N) is 1. The highest BCUT2D eigenvalue weighted by Crippen LogP contribution is 2.33. The maximum absolute atomic E-state index is 12.6. The average molecular weight is 311 g/mol. The van der Waals surface area contributed by atoms with Gasteiger partial charge in [-0.2, -0.15) is 0 Å². The number of piperazine rings is 1. The number of carbonyl (C=O) groups is 1. The van der Waals surface area contributed by atoms with Gasteiger partial charge in [-0.05, 0) is 12.8 Å². The number of carbonyl (C=O) groups excluding carboxylic acids is 1. The molecule has 0 bridgehead atoms. The third-order valence-electron chi connectivity index (χ3n) is 3.81. The van der Waals surface area contributed by atoms with Crippen LogP contribution in [-0.2, 0) is 0 Å². The number of anilines is 2. The number of aliphatic hydroxyl groups is 1. The van der Waals surface area contributed by atoms with Gasteiger partial charge in [-0.25, -0.2) is 4.98 Å². The second kappa shape index (κ2) is 6.17. The Hall–Kier alpha value is -1.38. The standard InChI is InChI=1S/C13H21N5O2S/c14-11-10(12(20)18(7-8-19)9-1-2-9)21-13(16-11)17-5-3-15-4-6-17/h9,15,19H,1-8,14H2. The zero-order chi connectivity index (χ0) is 14.8. The Morgan fingerprint density at radius 3 is 2.81 bits per heavy atom. The van der Waals surface area contributed by atoms with Crippen molar-refractivity contribution in [1.82, 2.24) is 15.2 Å². The van der Waals surface area contributed by atoms with E-state index in [0.29, 0.717) is 17.2 Å². The zero-order valence-electron chi connectivity index (χ0n) is 11.9. The maximum Gasteiger partial charge on any atom is 0.268 e. The van der Waals surface area contributed by atoms with Gasteiger partial charge in [0, 0.05) is 38.8 Å². The Bertz CT molecular complexity index is 511. The first kappa shape index (κ1) is 14.6. The number of thiazole rings is 1. The summed E-state index contributed by atoms with van der Waals surface area (Å²) >= 11 is 1.36. The summed E-state index contributed by atoms with van der Waals surface area (Å²) in [7, 11) is 0. The molecule has 1 saturated carbocycles. The molecular weight excluding hydrogens is 290 g/mol. The first-order valence-corrected chi connectivity index (χ1v) is 8.16. The van der Waals surface area contributed by atoms with E-state index in [9.17, 15) is 4.79 Å². The predicted octanol–water partition coefficient (Wildman–Crippen LogP) is -0.268. The van der Waals surface area contributed by atoms with Gasteiger partial charge in [0.25, 0.3) is 5.91 Å².